The second-order valence-corrected chi connectivity index (χ2v) is 5.35. The van der Waals surface area contributed by atoms with E-state index in [0.29, 0.717) is 0 Å². The predicted octanol–water partition coefficient (Wildman–Crippen LogP) is 1.80. The fraction of sp³-hybridized carbons (Fsp3) is 0.500. The van der Waals surface area contributed by atoms with Crippen LogP contribution in [0.1, 0.15) is 30.6 Å². The van der Waals surface area contributed by atoms with Crippen LogP contribution < -0.4 is 10.6 Å². The number of hydrogen-bond acceptors (Lipinski definition) is 2. The first kappa shape index (κ1) is 12.1. The van der Waals surface area contributed by atoms with Crippen LogP contribution in [0.3, 0.4) is 0 Å². The molecule has 3 nitrogen and oxygen atoms in total. The lowest BCUT2D eigenvalue weighted by Crippen LogP contribution is -2.54. The van der Waals surface area contributed by atoms with Crippen molar-refractivity contribution in [3.05, 3.63) is 35.9 Å². The van der Waals surface area contributed by atoms with Crippen molar-refractivity contribution < 1.29 is 4.79 Å². The molecular weight excluding hydrogens is 212 g/mol. The number of rotatable bonds is 2. The molecule has 1 aliphatic heterocycles. The Bertz CT molecular complexity index is 386. The molecule has 2 rings (SSSR count). The van der Waals surface area contributed by atoms with Gasteiger partial charge in [0.1, 0.15) is 0 Å². The van der Waals surface area contributed by atoms with Crippen LogP contribution in [0.2, 0.25) is 0 Å². The zero-order valence-electron chi connectivity index (χ0n) is 10.5. The minimum Gasteiger partial charge on any atom is -0.349 e. The lowest BCUT2D eigenvalue weighted by atomic mass is 9.80. The van der Waals surface area contributed by atoms with Crippen LogP contribution in [-0.4, -0.2) is 25.0 Å². The third-order valence-electron chi connectivity index (χ3n) is 3.48. The van der Waals surface area contributed by atoms with E-state index in [-0.39, 0.29) is 17.4 Å². The molecule has 92 valence electrons. The number of carbonyl (C=O) groups excluding carboxylic acids is 1. The van der Waals surface area contributed by atoms with E-state index in [1.54, 1.807) is 0 Å². The average Bonchev–Trinajstić information content (AvgIpc) is 2.33. The molecule has 2 N–H and O–H groups in total. The zero-order valence-corrected chi connectivity index (χ0v) is 10.5. The highest BCUT2D eigenvalue weighted by Gasteiger charge is 2.33. The highest BCUT2D eigenvalue weighted by molar-refractivity contribution is 5.94. The van der Waals surface area contributed by atoms with Gasteiger partial charge in [-0.15, -0.1) is 0 Å². The maximum Gasteiger partial charge on any atom is 0.251 e. The highest BCUT2D eigenvalue weighted by atomic mass is 16.1. The average molecular weight is 232 g/mol. The first-order valence-corrected chi connectivity index (χ1v) is 6.16. The molecule has 1 heterocycles. The summed E-state index contributed by atoms with van der Waals surface area (Å²) in [5.41, 5.74) is 0.852. The molecule has 1 saturated heterocycles. The number of nitrogens with one attached hydrogen (secondary N) is 2. The van der Waals surface area contributed by atoms with Crippen LogP contribution in [-0.2, 0) is 0 Å². The van der Waals surface area contributed by atoms with Gasteiger partial charge < -0.3 is 10.6 Å². The minimum absolute atomic E-state index is 0.0329. The Morgan fingerprint density at radius 1 is 1.35 bits per heavy atom. The van der Waals surface area contributed by atoms with Gasteiger partial charge in [0.2, 0.25) is 0 Å². The molecule has 1 aromatic carbocycles. The van der Waals surface area contributed by atoms with Gasteiger partial charge in [0.05, 0.1) is 0 Å². The molecule has 0 bridgehead atoms. The van der Waals surface area contributed by atoms with Gasteiger partial charge in [-0.3, -0.25) is 4.79 Å². The van der Waals surface area contributed by atoms with E-state index in [1.807, 2.05) is 30.3 Å². The van der Waals surface area contributed by atoms with Crippen LogP contribution in [0.25, 0.3) is 0 Å². The van der Waals surface area contributed by atoms with Crippen molar-refractivity contribution in [3.8, 4) is 0 Å². The van der Waals surface area contributed by atoms with Gasteiger partial charge in [0.25, 0.3) is 5.91 Å². The van der Waals surface area contributed by atoms with Gasteiger partial charge in [-0.05, 0) is 30.5 Å². The largest absolute Gasteiger partial charge is 0.349 e. The highest BCUT2D eigenvalue weighted by Crippen LogP contribution is 2.25. The molecule has 1 unspecified atom stereocenters. The molecule has 0 spiro atoms. The molecule has 1 amide bonds. The Kier molecular flexibility index (Phi) is 3.48. The third-order valence-corrected chi connectivity index (χ3v) is 3.48. The summed E-state index contributed by atoms with van der Waals surface area (Å²) in [6.07, 6.45) is 0.992. The van der Waals surface area contributed by atoms with Gasteiger partial charge in [-0.1, -0.05) is 32.0 Å². The van der Waals surface area contributed by atoms with Gasteiger partial charge in [0.15, 0.2) is 0 Å². The molecule has 0 radical (unpaired) electrons. The zero-order chi connectivity index (χ0) is 12.3. The van der Waals surface area contributed by atoms with Crippen molar-refractivity contribution in [1.29, 1.82) is 0 Å². The topological polar surface area (TPSA) is 41.1 Å². The minimum atomic E-state index is 0.0329. The fourth-order valence-corrected chi connectivity index (χ4v) is 2.27. The summed E-state index contributed by atoms with van der Waals surface area (Å²) in [7, 11) is 0. The number of piperidine rings is 1. The van der Waals surface area contributed by atoms with Crippen molar-refractivity contribution in [2.45, 2.75) is 26.3 Å². The molecule has 0 aliphatic carbocycles. The second-order valence-electron chi connectivity index (χ2n) is 5.35. The molecule has 1 aliphatic rings. The SMILES string of the molecule is CC1(C)CNCCC1NC(=O)c1ccccc1. The smallest absolute Gasteiger partial charge is 0.251 e. The van der Waals surface area contributed by atoms with E-state index in [1.165, 1.54) is 0 Å². The predicted molar refractivity (Wildman–Crippen MR) is 69.0 cm³/mol. The van der Waals surface area contributed by atoms with E-state index in [9.17, 15) is 4.79 Å². The third kappa shape index (κ3) is 2.86. The van der Waals surface area contributed by atoms with Gasteiger partial charge in [-0.25, -0.2) is 0 Å². The summed E-state index contributed by atoms with van der Waals surface area (Å²) in [5.74, 6) is 0.0329. The summed E-state index contributed by atoms with van der Waals surface area (Å²) >= 11 is 0. The van der Waals surface area contributed by atoms with Crippen LogP contribution in [0.4, 0.5) is 0 Å². The quantitative estimate of drug-likeness (QED) is 0.816. The summed E-state index contributed by atoms with van der Waals surface area (Å²) in [5, 5.41) is 6.51. The molecule has 17 heavy (non-hydrogen) atoms. The molecule has 1 atom stereocenters. The Hall–Kier alpha value is -1.35. The summed E-state index contributed by atoms with van der Waals surface area (Å²) < 4.78 is 0. The standard InChI is InChI=1S/C14H20N2O/c1-14(2)10-15-9-8-12(14)16-13(17)11-6-4-3-5-7-11/h3-7,12,15H,8-10H2,1-2H3,(H,16,17). The monoisotopic (exact) mass is 232 g/mol. The Morgan fingerprint density at radius 3 is 2.71 bits per heavy atom. The number of amides is 1. The van der Waals surface area contributed by atoms with Gasteiger partial charge in [0, 0.05) is 18.2 Å². The van der Waals surface area contributed by atoms with E-state index in [0.717, 1.165) is 25.1 Å². The van der Waals surface area contributed by atoms with Crippen LogP contribution in [0, 0.1) is 5.41 Å². The summed E-state index contributed by atoms with van der Waals surface area (Å²) in [4.78, 5) is 12.1. The fourth-order valence-electron chi connectivity index (χ4n) is 2.27. The first-order valence-electron chi connectivity index (χ1n) is 6.16. The van der Waals surface area contributed by atoms with Gasteiger partial charge >= 0.3 is 0 Å². The van der Waals surface area contributed by atoms with Crippen molar-refractivity contribution >= 4 is 5.91 Å². The normalized spacial score (nSPS) is 23.1. The van der Waals surface area contributed by atoms with Gasteiger partial charge in [-0.2, -0.15) is 0 Å². The van der Waals surface area contributed by atoms with Crippen LogP contribution in [0.15, 0.2) is 30.3 Å². The number of hydrogen-bond donors (Lipinski definition) is 2. The second kappa shape index (κ2) is 4.88. The van der Waals surface area contributed by atoms with Crippen molar-refractivity contribution in [3.63, 3.8) is 0 Å². The van der Waals surface area contributed by atoms with Crippen LogP contribution in [0.5, 0.6) is 0 Å². The lowest BCUT2D eigenvalue weighted by molar-refractivity contribution is 0.0868. The van der Waals surface area contributed by atoms with E-state index in [4.69, 9.17) is 0 Å². The Morgan fingerprint density at radius 2 is 2.06 bits per heavy atom. The van der Waals surface area contributed by atoms with E-state index < -0.39 is 0 Å². The van der Waals surface area contributed by atoms with E-state index in [2.05, 4.69) is 24.5 Å². The van der Waals surface area contributed by atoms with Crippen molar-refractivity contribution in [2.24, 2.45) is 5.41 Å². The molecule has 0 saturated carbocycles. The molecule has 1 aromatic rings. The molecule has 3 heteroatoms. The summed E-state index contributed by atoms with van der Waals surface area (Å²) in [6, 6.07) is 9.65. The Labute approximate surface area is 103 Å². The number of carbonyl (C=O) groups is 1. The first-order chi connectivity index (χ1) is 8.09. The Balaban J connectivity index is 2.03. The lowest BCUT2D eigenvalue weighted by Gasteiger charge is -2.39. The maximum absolute atomic E-state index is 12.1. The maximum atomic E-state index is 12.1. The number of benzene rings is 1. The summed E-state index contributed by atoms with van der Waals surface area (Å²) in [6.45, 7) is 6.31. The van der Waals surface area contributed by atoms with Crippen LogP contribution >= 0.6 is 0 Å². The van der Waals surface area contributed by atoms with Crippen molar-refractivity contribution in [1.82, 2.24) is 10.6 Å². The molecular formula is C14H20N2O. The van der Waals surface area contributed by atoms with Crippen molar-refractivity contribution in [2.75, 3.05) is 13.1 Å². The molecule has 0 aromatic heterocycles. The van der Waals surface area contributed by atoms with E-state index >= 15 is 0 Å². The molecule has 1 fully saturated rings.